The van der Waals surface area contributed by atoms with E-state index in [1.165, 1.54) is 40.2 Å². The fourth-order valence-electron chi connectivity index (χ4n) is 5.39. The normalized spacial score (nSPS) is 16.4. The predicted molar refractivity (Wildman–Crippen MR) is 136 cm³/mol. The maximum absolute atomic E-state index is 15.5. The van der Waals surface area contributed by atoms with E-state index in [1.54, 1.807) is 6.92 Å². The van der Waals surface area contributed by atoms with Crippen LogP contribution in [0, 0.1) is 17.6 Å². The average Bonchev–Trinajstić information content (AvgIpc) is 3.21. The van der Waals surface area contributed by atoms with Crippen molar-refractivity contribution in [2.24, 2.45) is 5.92 Å². The second kappa shape index (κ2) is 10.3. The molecule has 0 saturated heterocycles. The molecule has 3 aromatic rings. The number of hydrogen-bond donors (Lipinski definition) is 1. The zero-order chi connectivity index (χ0) is 26.3. The largest absolute Gasteiger partial charge is 0.388 e. The van der Waals surface area contributed by atoms with Crippen molar-refractivity contribution in [3.05, 3.63) is 68.9 Å². The lowest BCUT2D eigenvalue weighted by atomic mass is 9.88. The van der Waals surface area contributed by atoms with Crippen molar-refractivity contribution in [3.63, 3.8) is 0 Å². The quantitative estimate of drug-likeness (QED) is 0.507. The molecule has 1 aromatic heterocycles. The highest BCUT2D eigenvalue weighted by molar-refractivity contribution is 6.34. The summed E-state index contributed by atoms with van der Waals surface area (Å²) < 4.78 is 32.5. The van der Waals surface area contributed by atoms with Gasteiger partial charge in [0, 0.05) is 13.1 Å². The Hall–Kier alpha value is -3.24. The summed E-state index contributed by atoms with van der Waals surface area (Å²) >= 11 is 6.30. The monoisotopic (exact) mass is 531 g/mol. The molecule has 2 aliphatic rings. The van der Waals surface area contributed by atoms with Crippen LogP contribution in [0.5, 0.6) is 0 Å². The Morgan fingerprint density at radius 2 is 1.84 bits per heavy atom. The second-order valence-corrected chi connectivity index (χ2v) is 9.91. The zero-order valence-corrected chi connectivity index (χ0v) is 21.2. The van der Waals surface area contributed by atoms with E-state index in [4.69, 9.17) is 11.6 Å². The molecule has 2 aromatic carbocycles. The van der Waals surface area contributed by atoms with Crippen molar-refractivity contribution in [3.8, 4) is 5.69 Å². The Balaban J connectivity index is 1.64. The van der Waals surface area contributed by atoms with Gasteiger partial charge in [-0.2, -0.15) is 4.68 Å². The van der Waals surface area contributed by atoms with Gasteiger partial charge in [0.1, 0.15) is 29.6 Å². The van der Waals surface area contributed by atoms with Gasteiger partial charge < -0.3 is 10.0 Å². The van der Waals surface area contributed by atoms with Gasteiger partial charge in [-0.05, 0) is 49.9 Å². The van der Waals surface area contributed by atoms with E-state index in [2.05, 4.69) is 5.10 Å². The summed E-state index contributed by atoms with van der Waals surface area (Å²) in [6.45, 7) is 2.10. The van der Waals surface area contributed by atoms with Gasteiger partial charge in [-0.3, -0.25) is 14.3 Å². The van der Waals surface area contributed by atoms with Crippen LogP contribution >= 0.6 is 11.6 Å². The van der Waals surface area contributed by atoms with E-state index in [0.29, 0.717) is 18.2 Å². The molecule has 0 unspecified atom stereocenters. The van der Waals surface area contributed by atoms with Crippen molar-refractivity contribution in [1.82, 2.24) is 14.3 Å². The molecule has 196 valence electrons. The molecule has 2 heterocycles. The summed E-state index contributed by atoms with van der Waals surface area (Å²) in [6.07, 6.45) is 5.43. The molecule has 37 heavy (non-hydrogen) atoms. The molecule has 0 radical (unpaired) electrons. The van der Waals surface area contributed by atoms with Crippen LogP contribution in [0.4, 0.5) is 20.2 Å². The van der Waals surface area contributed by atoms with Crippen molar-refractivity contribution in [1.29, 1.82) is 0 Å². The molecule has 5 rings (SSSR count). The predicted octanol–water partition coefficient (Wildman–Crippen LogP) is 4.48. The van der Waals surface area contributed by atoms with Crippen LogP contribution in [0.2, 0.25) is 5.02 Å². The summed E-state index contributed by atoms with van der Waals surface area (Å²) in [5.74, 6) is -1.61. The molecule has 11 heteroatoms. The van der Waals surface area contributed by atoms with Crippen LogP contribution in [-0.2, 0) is 13.2 Å². The first-order chi connectivity index (χ1) is 17.8. The number of benzene rings is 2. The van der Waals surface area contributed by atoms with Gasteiger partial charge in [0.15, 0.2) is 5.82 Å². The Morgan fingerprint density at radius 3 is 2.49 bits per heavy atom. The van der Waals surface area contributed by atoms with Gasteiger partial charge in [0.2, 0.25) is 0 Å². The molecule has 0 bridgehead atoms. The Bertz CT molecular complexity index is 1380. The molecule has 1 aliphatic heterocycles. The van der Waals surface area contributed by atoms with Crippen LogP contribution in [0.3, 0.4) is 0 Å². The fourth-order valence-corrected chi connectivity index (χ4v) is 5.65. The highest BCUT2D eigenvalue weighted by Crippen LogP contribution is 2.38. The number of aromatic nitrogens is 3. The number of aliphatic hydroxyl groups excluding tert-OH is 1. The average molecular weight is 532 g/mol. The van der Waals surface area contributed by atoms with Crippen LogP contribution < -0.4 is 15.5 Å². The Labute approximate surface area is 217 Å². The lowest BCUT2D eigenvalue weighted by Crippen LogP contribution is -2.49. The minimum absolute atomic E-state index is 0.0221. The van der Waals surface area contributed by atoms with Gasteiger partial charge >= 0.3 is 5.69 Å². The maximum Gasteiger partial charge on any atom is 0.350 e. The van der Waals surface area contributed by atoms with Gasteiger partial charge in [-0.25, -0.2) is 13.6 Å². The molecule has 0 spiro atoms. The summed E-state index contributed by atoms with van der Waals surface area (Å²) in [6, 6.07) is 6.71. The van der Waals surface area contributed by atoms with E-state index in [9.17, 15) is 19.1 Å². The minimum atomic E-state index is -0.835. The summed E-state index contributed by atoms with van der Waals surface area (Å²) in [5, 5.41) is 13.8. The number of aliphatic hydroxyl groups is 1. The minimum Gasteiger partial charge on any atom is -0.388 e. The second-order valence-electron chi connectivity index (χ2n) is 9.51. The molecule has 1 fully saturated rings. The topological polar surface area (TPSA) is 83.6 Å². The smallest absolute Gasteiger partial charge is 0.350 e. The summed E-state index contributed by atoms with van der Waals surface area (Å²) in [5.41, 5.74) is -0.272. The number of hydrogen-bond acceptors (Lipinski definition) is 5. The van der Waals surface area contributed by atoms with E-state index >= 15 is 4.39 Å². The molecule has 0 atom stereocenters. The fraction of sp³-hybridized carbons (Fsp3) is 0.423. The van der Waals surface area contributed by atoms with Gasteiger partial charge in [-0.15, -0.1) is 5.10 Å². The zero-order valence-electron chi connectivity index (χ0n) is 20.5. The van der Waals surface area contributed by atoms with E-state index in [0.717, 1.165) is 36.4 Å². The standard InChI is InChI=1S/C26H28ClF2N5O3/c1-2-32-23(14-35)30-34(26(32)37)22-12-21-17(11-20(22)29)25(36)33(24-18(27)9-6-10-19(24)28)15-31(21)13-16-7-4-3-5-8-16/h6,9-12,16,35H,2-5,7-8,13-15H2,1H3. The van der Waals surface area contributed by atoms with Crippen LogP contribution in [-0.4, -0.2) is 38.6 Å². The van der Waals surface area contributed by atoms with Crippen molar-refractivity contribution in [2.75, 3.05) is 23.0 Å². The molecule has 1 saturated carbocycles. The number of rotatable bonds is 6. The number of halogens is 3. The third kappa shape index (κ3) is 4.53. The maximum atomic E-state index is 15.5. The van der Waals surface area contributed by atoms with Crippen molar-refractivity contribution < 1.29 is 18.7 Å². The number of fused-ring (bicyclic) bond motifs is 1. The van der Waals surface area contributed by atoms with Gasteiger partial charge in [0.25, 0.3) is 5.91 Å². The van der Waals surface area contributed by atoms with Gasteiger partial charge in [-0.1, -0.05) is 36.9 Å². The first-order valence-corrected chi connectivity index (χ1v) is 12.9. The number of anilines is 2. The van der Waals surface area contributed by atoms with Crippen LogP contribution in [0.15, 0.2) is 35.1 Å². The molecule has 1 amide bonds. The SMILES string of the molecule is CCn1c(CO)nn(-c2cc3c(cc2F)C(=O)N(c2c(F)cccc2Cl)CN3CC2CCCCC2)c1=O. The molecule has 1 N–H and O–H groups in total. The Morgan fingerprint density at radius 1 is 1.08 bits per heavy atom. The van der Waals surface area contributed by atoms with Crippen molar-refractivity contribution in [2.45, 2.75) is 52.2 Å². The Kier molecular flexibility index (Phi) is 7.04. The molecule has 8 nitrogen and oxygen atoms in total. The van der Waals surface area contributed by atoms with Crippen LogP contribution in [0.25, 0.3) is 5.69 Å². The third-order valence-corrected chi connectivity index (χ3v) is 7.53. The lowest BCUT2D eigenvalue weighted by molar-refractivity contribution is 0.0980. The van der Waals surface area contributed by atoms with E-state index in [1.807, 2.05) is 4.90 Å². The number of carbonyl (C=O) groups excluding carboxylic acids is 1. The third-order valence-electron chi connectivity index (χ3n) is 7.23. The number of nitrogens with zero attached hydrogens (tertiary/aromatic N) is 5. The van der Waals surface area contributed by atoms with Crippen molar-refractivity contribution >= 4 is 28.9 Å². The summed E-state index contributed by atoms with van der Waals surface area (Å²) in [4.78, 5) is 29.6. The van der Waals surface area contributed by atoms with E-state index < -0.39 is 29.8 Å². The van der Waals surface area contributed by atoms with Crippen LogP contribution in [0.1, 0.15) is 55.2 Å². The highest BCUT2D eigenvalue weighted by atomic mass is 35.5. The van der Waals surface area contributed by atoms with Gasteiger partial charge in [0.05, 0.1) is 22.9 Å². The lowest BCUT2D eigenvalue weighted by Gasteiger charge is -2.40. The van der Waals surface area contributed by atoms with E-state index in [-0.39, 0.29) is 41.0 Å². The summed E-state index contributed by atoms with van der Waals surface area (Å²) in [7, 11) is 0. The molecular weight excluding hydrogens is 504 g/mol. The number of para-hydroxylation sites is 1. The molecule has 1 aliphatic carbocycles. The number of amides is 1. The first kappa shape index (κ1) is 25.4. The highest BCUT2D eigenvalue weighted by Gasteiger charge is 2.35. The molecular formula is C26H28ClF2N5O3. The first-order valence-electron chi connectivity index (χ1n) is 12.5. The number of carbonyl (C=O) groups is 1.